The van der Waals surface area contributed by atoms with E-state index in [0.717, 1.165) is 28.1 Å². The predicted octanol–water partition coefficient (Wildman–Crippen LogP) is 3.14. The van der Waals surface area contributed by atoms with Crippen LogP contribution in [0, 0.1) is 0 Å². The number of benzene rings is 1. The van der Waals surface area contributed by atoms with E-state index < -0.39 is 0 Å². The van der Waals surface area contributed by atoms with E-state index in [1.807, 2.05) is 42.5 Å². The first kappa shape index (κ1) is 13.5. The topological polar surface area (TPSA) is 63.4 Å². The third-order valence-corrected chi connectivity index (χ3v) is 3.64. The maximum absolute atomic E-state index is 4.44. The van der Waals surface area contributed by atoms with Gasteiger partial charge >= 0.3 is 0 Å². The summed E-state index contributed by atoms with van der Waals surface area (Å²) in [6.45, 7) is 0. The van der Waals surface area contributed by atoms with Gasteiger partial charge in [0.1, 0.15) is 0 Å². The summed E-state index contributed by atoms with van der Waals surface area (Å²) in [5.41, 5.74) is 4.68. The Morgan fingerprint density at radius 3 is 2.04 bits per heavy atom. The van der Waals surface area contributed by atoms with E-state index >= 15 is 0 Å². The molecule has 0 radical (unpaired) electrons. The SMILES string of the molecule is c1ccc(-c2ncc(C3=NN=C(c4cccnc4)C3)cn2)cc1. The molecule has 0 amide bonds. The Labute approximate surface area is 133 Å². The Morgan fingerprint density at radius 2 is 1.35 bits per heavy atom. The fourth-order valence-electron chi connectivity index (χ4n) is 2.42. The first-order valence-corrected chi connectivity index (χ1v) is 7.32. The molecular weight excluding hydrogens is 286 g/mol. The summed E-state index contributed by atoms with van der Waals surface area (Å²) in [4.78, 5) is 13.0. The van der Waals surface area contributed by atoms with Crippen LogP contribution in [0.3, 0.4) is 0 Å². The molecule has 0 saturated carbocycles. The summed E-state index contributed by atoms with van der Waals surface area (Å²) in [7, 11) is 0. The summed E-state index contributed by atoms with van der Waals surface area (Å²) in [5, 5.41) is 8.52. The molecule has 1 aromatic carbocycles. The van der Waals surface area contributed by atoms with Crippen LogP contribution in [0.2, 0.25) is 0 Å². The van der Waals surface area contributed by atoms with Gasteiger partial charge in [-0.25, -0.2) is 9.97 Å². The highest BCUT2D eigenvalue weighted by Crippen LogP contribution is 2.17. The fraction of sp³-hybridized carbons (Fsp3) is 0.0556. The number of pyridine rings is 1. The highest BCUT2D eigenvalue weighted by atomic mass is 15.2. The van der Waals surface area contributed by atoms with Crippen molar-refractivity contribution in [2.75, 3.05) is 0 Å². The Kier molecular flexibility index (Phi) is 3.44. The van der Waals surface area contributed by atoms with E-state index in [1.54, 1.807) is 24.8 Å². The van der Waals surface area contributed by atoms with E-state index in [-0.39, 0.29) is 0 Å². The summed E-state index contributed by atoms with van der Waals surface area (Å²) < 4.78 is 0. The molecule has 4 rings (SSSR count). The molecule has 0 bridgehead atoms. The van der Waals surface area contributed by atoms with Crippen molar-refractivity contribution in [3.63, 3.8) is 0 Å². The second-order valence-corrected chi connectivity index (χ2v) is 5.17. The van der Waals surface area contributed by atoms with Crippen LogP contribution in [0.4, 0.5) is 0 Å². The maximum atomic E-state index is 4.44. The normalized spacial score (nSPS) is 13.6. The molecule has 5 nitrogen and oxygen atoms in total. The molecule has 0 N–H and O–H groups in total. The average molecular weight is 299 g/mol. The van der Waals surface area contributed by atoms with Crippen molar-refractivity contribution in [2.24, 2.45) is 10.2 Å². The van der Waals surface area contributed by atoms with Gasteiger partial charge in [-0.15, -0.1) is 0 Å². The largest absolute Gasteiger partial charge is 0.264 e. The van der Waals surface area contributed by atoms with Crippen LogP contribution < -0.4 is 0 Å². The van der Waals surface area contributed by atoms with Gasteiger partial charge in [-0.1, -0.05) is 30.3 Å². The summed E-state index contributed by atoms with van der Waals surface area (Å²) in [6.07, 6.45) is 7.81. The first-order valence-electron chi connectivity index (χ1n) is 7.32. The van der Waals surface area contributed by atoms with Crippen LogP contribution in [0.25, 0.3) is 11.4 Å². The quantitative estimate of drug-likeness (QED) is 0.746. The lowest BCUT2D eigenvalue weighted by Gasteiger charge is -2.03. The lowest BCUT2D eigenvalue weighted by atomic mass is 10.0. The summed E-state index contributed by atoms with van der Waals surface area (Å²) in [5.74, 6) is 0.710. The number of hydrogen-bond donors (Lipinski definition) is 0. The number of nitrogens with zero attached hydrogens (tertiary/aromatic N) is 5. The van der Waals surface area contributed by atoms with Crippen LogP contribution in [0.15, 0.2) is 77.5 Å². The van der Waals surface area contributed by atoms with Gasteiger partial charge in [0.2, 0.25) is 0 Å². The number of hydrogen-bond acceptors (Lipinski definition) is 5. The van der Waals surface area contributed by atoms with Crippen LogP contribution in [0.1, 0.15) is 17.5 Å². The van der Waals surface area contributed by atoms with Gasteiger partial charge < -0.3 is 0 Å². The monoisotopic (exact) mass is 299 g/mol. The molecule has 1 aliphatic heterocycles. The molecule has 0 aliphatic carbocycles. The van der Waals surface area contributed by atoms with Crippen molar-refractivity contribution in [2.45, 2.75) is 6.42 Å². The highest BCUT2D eigenvalue weighted by Gasteiger charge is 2.17. The third kappa shape index (κ3) is 2.76. The smallest absolute Gasteiger partial charge is 0.159 e. The number of aromatic nitrogens is 3. The minimum atomic E-state index is 0.666. The Balaban J connectivity index is 1.52. The van der Waals surface area contributed by atoms with Crippen molar-refractivity contribution < 1.29 is 0 Å². The van der Waals surface area contributed by atoms with Gasteiger partial charge in [-0.05, 0) is 12.1 Å². The lowest BCUT2D eigenvalue weighted by Crippen LogP contribution is -2.06. The third-order valence-electron chi connectivity index (χ3n) is 3.64. The van der Waals surface area contributed by atoms with E-state index in [9.17, 15) is 0 Å². The average Bonchev–Trinajstić information content (AvgIpc) is 3.14. The molecule has 1 aliphatic rings. The molecule has 0 spiro atoms. The molecule has 5 heteroatoms. The van der Waals surface area contributed by atoms with Gasteiger partial charge in [-0.2, -0.15) is 10.2 Å². The van der Waals surface area contributed by atoms with Crippen molar-refractivity contribution in [3.05, 3.63) is 78.4 Å². The van der Waals surface area contributed by atoms with Crippen molar-refractivity contribution >= 4 is 11.4 Å². The zero-order chi connectivity index (χ0) is 15.5. The van der Waals surface area contributed by atoms with E-state index in [2.05, 4.69) is 25.2 Å². The molecule has 0 atom stereocenters. The standard InChI is InChI=1S/C18H13N5/c1-2-5-13(6-3-1)18-20-11-15(12-21-18)17-9-16(22-23-17)14-7-4-8-19-10-14/h1-8,10-12H,9H2. The lowest BCUT2D eigenvalue weighted by molar-refractivity contribution is 1.16. The fourth-order valence-corrected chi connectivity index (χ4v) is 2.42. The molecule has 0 fully saturated rings. The molecule has 2 aromatic heterocycles. The van der Waals surface area contributed by atoms with Gasteiger partial charge in [0.15, 0.2) is 5.82 Å². The van der Waals surface area contributed by atoms with Crippen molar-refractivity contribution in [1.82, 2.24) is 15.0 Å². The van der Waals surface area contributed by atoms with Crippen LogP contribution >= 0.6 is 0 Å². The highest BCUT2D eigenvalue weighted by molar-refractivity contribution is 6.20. The first-order chi connectivity index (χ1) is 11.4. The van der Waals surface area contributed by atoms with E-state index in [0.29, 0.717) is 12.2 Å². The van der Waals surface area contributed by atoms with Crippen LogP contribution in [0.5, 0.6) is 0 Å². The van der Waals surface area contributed by atoms with Crippen LogP contribution in [-0.4, -0.2) is 26.4 Å². The minimum Gasteiger partial charge on any atom is -0.264 e. The summed E-state index contributed by atoms with van der Waals surface area (Å²) in [6, 6.07) is 13.8. The summed E-state index contributed by atoms with van der Waals surface area (Å²) >= 11 is 0. The zero-order valence-electron chi connectivity index (χ0n) is 12.3. The minimum absolute atomic E-state index is 0.666. The van der Waals surface area contributed by atoms with E-state index in [4.69, 9.17) is 0 Å². The molecular formula is C18H13N5. The van der Waals surface area contributed by atoms with Gasteiger partial charge in [0.05, 0.1) is 11.4 Å². The van der Waals surface area contributed by atoms with Gasteiger partial charge in [0.25, 0.3) is 0 Å². The molecule has 110 valence electrons. The molecule has 3 aromatic rings. The van der Waals surface area contributed by atoms with Gasteiger partial charge in [-0.3, -0.25) is 4.98 Å². The van der Waals surface area contributed by atoms with Crippen molar-refractivity contribution in [1.29, 1.82) is 0 Å². The zero-order valence-corrected chi connectivity index (χ0v) is 12.3. The Morgan fingerprint density at radius 1 is 0.652 bits per heavy atom. The molecule has 3 heterocycles. The molecule has 23 heavy (non-hydrogen) atoms. The predicted molar refractivity (Wildman–Crippen MR) is 89.4 cm³/mol. The second kappa shape index (κ2) is 5.88. The second-order valence-electron chi connectivity index (χ2n) is 5.17. The van der Waals surface area contributed by atoms with Crippen LogP contribution in [-0.2, 0) is 0 Å². The Bertz CT molecular complexity index is 868. The molecule has 0 saturated heterocycles. The van der Waals surface area contributed by atoms with Crippen molar-refractivity contribution in [3.8, 4) is 11.4 Å². The van der Waals surface area contributed by atoms with E-state index in [1.165, 1.54) is 0 Å². The van der Waals surface area contributed by atoms with Gasteiger partial charge in [0, 0.05) is 47.9 Å². The molecule has 0 unspecified atom stereocenters. The Hall–Kier alpha value is -3.21. The maximum Gasteiger partial charge on any atom is 0.159 e. The number of rotatable bonds is 3.